The van der Waals surface area contributed by atoms with Crippen LogP contribution < -0.4 is 4.74 Å². The topological polar surface area (TPSA) is 78.7 Å². The molecule has 0 spiro atoms. The van der Waals surface area contributed by atoms with Gasteiger partial charge in [-0.05, 0) is 26.8 Å². The van der Waals surface area contributed by atoms with E-state index in [1.165, 1.54) is 6.07 Å². The van der Waals surface area contributed by atoms with Gasteiger partial charge in [0, 0.05) is 12.1 Å². The zero-order chi connectivity index (χ0) is 15.3. The fourth-order valence-corrected chi connectivity index (χ4v) is 1.37. The number of hydrogen-bond donors (Lipinski definition) is 0. The second-order valence-corrected chi connectivity index (χ2v) is 5.06. The molecule has 0 unspecified atom stereocenters. The van der Waals surface area contributed by atoms with Crippen LogP contribution in [0.3, 0.4) is 0 Å². The number of nitro benzene ring substituents is 1. The molecule has 0 saturated heterocycles. The Morgan fingerprint density at radius 2 is 2.05 bits per heavy atom. The molecule has 0 N–H and O–H groups in total. The van der Waals surface area contributed by atoms with E-state index in [4.69, 9.17) is 9.47 Å². The Labute approximate surface area is 115 Å². The number of rotatable bonds is 5. The van der Waals surface area contributed by atoms with E-state index in [2.05, 4.69) is 0 Å². The zero-order valence-corrected chi connectivity index (χ0v) is 11.5. The largest absolute Gasteiger partial charge is 0.493 e. The number of carbonyl (C=O) groups excluding carboxylic acids is 1. The molecule has 0 amide bonds. The predicted octanol–water partition coefficient (Wildman–Crippen LogP) is 2.84. The van der Waals surface area contributed by atoms with Crippen LogP contribution in [-0.2, 0) is 9.53 Å². The first-order valence-corrected chi connectivity index (χ1v) is 5.97. The van der Waals surface area contributed by atoms with Crippen LogP contribution in [0.15, 0.2) is 18.2 Å². The maximum Gasteiger partial charge on any atom is 0.309 e. The van der Waals surface area contributed by atoms with E-state index in [0.717, 1.165) is 12.1 Å². The van der Waals surface area contributed by atoms with Crippen LogP contribution in [0, 0.1) is 15.9 Å². The van der Waals surface area contributed by atoms with Gasteiger partial charge in [-0.15, -0.1) is 0 Å². The molecule has 0 fully saturated rings. The van der Waals surface area contributed by atoms with Crippen molar-refractivity contribution in [3.8, 4) is 5.75 Å². The highest BCUT2D eigenvalue weighted by atomic mass is 19.1. The van der Waals surface area contributed by atoms with Crippen LogP contribution >= 0.6 is 0 Å². The van der Waals surface area contributed by atoms with Gasteiger partial charge in [-0.2, -0.15) is 4.39 Å². The van der Waals surface area contributed by atoms with Crippen molar-refractivity contribution in [2.75, 3.05) is 6.61 Å². The molecule has 1 aromatic rings. The minimum Gasteiger partial charge on any atom is -0.493 e. The summed E-state index contributed by atoms with van der Waals surface area (Å²) in [5.74, 6) is -1.29. The van der Waals surface area contributed by atoms with E-state index in [9.17, 15) is 19.3 Å². The molecule has 0 bridgehead atoms. The standard InChI is InChI=1S/C13H16FNO5/c1-13(2,3)20-12(16)6-7-19-9-4-5-11(15(17)18)10(14)8-9/h4-5,8H,6-7H2,1-3H3. The minimum absolute atomic E-state index is 0.00612. The van der Waals surface area contributed by atoms with Crippen molar-refractivity contribution in [1.29, 1.82) is 0 Å². The van der Waals surface area contributed by atoms with Crippen LogP contribution in [-0.4, -0.2) is 23.1 Å². The first-order chi connectivity index (χ1) is 9.19. The van der Waals surface area contributed by atoms with Crippen LogP contribution in [0.2, 0.25) is 0 Å². The summed E-state index contributed by atoms with van der Waals surface area (Å²) in [6, 6.07) is 3.20. The summed E-state index contributed by atoms with van der Waals surface area (Å²) in [6.45, 7) is 5.25. The lowest BCUT2D eigenvalue weighted by molar-refractivity contribution is -0.387. The molecule has 0 aromatic heterocycles. The molecule has 0 heterocycles. The third-order valence-corrected chi connectivity index (χ3v) is 2.11. The van der Waals surface area contributed by atoms with E-state index in [0.29, 0.717) is 0 Å². The van der Waals surface area contributed by atoms with Crippen molar-refractivity contribution < 1.29 is 23.6 Å². The van der Waals surface area contributed by atoms with Gasteiger partial charge in [-0.25, -0.2) is 0 Å². The van der Waals surface area contributed by atoms with Gasteiger partial charge in [0.2, 0.25) is 5.82 Å². The highest BCUT2D eigenvalue weighted by Crippen LogP contribution is 2.22. The van der Waals surface area contributed by atoms with Crippen molar-refractivity contribution in [3.63, 3.8) is 0 Å². The fourth-order valence-electron chi connectivity index (χ4n) is 1.37. The third-order valence-electron chi connectivity index (χ3n) is 2.11. The van der Waals surface area contributed by atoms with Crippen molar-refractivity contribution in [3.05, 3.63) is 34.1 Å². The maximum absolute atomic E-state index is 13.3. The van der Waals surface area contributed by atoms with Crippen LogP contribution in [0.1, 0.15) is 27.2 Å². The highest BCUT2D eigenvalue weighted by Gasteiger charge is 2.17. The van der Waals surface area contributed by atoms with Gasteiger partial charge in [0.1, 0.15) is 11.4 Å². The second-order valence-electron chi connectivity index (χ2n) is 5.06. The Morgan fingerprint density at radius 1 is 1.40 bits per heavy atom. The van der Waals surface area contributed by atoms with Gasteiger partial charge >= 0.3 is 11.7 Å². The van der Waals surface area contributed by atoms with Crippen LogP contribution in [0.5, 0.6) is 5.75 Å². The lowest BCUT2D eigenvalue weighted by atomic mass is 10.2. The Morgan fingerprint density at radius 3 is 2.55 bits per heavy atom. The Balaban J connectivity index is 2.49. The molecule has 0 aliphatic rings. The molecule has 0 atom stereocenters. The lowest BCUT2D eigenvalue weighted by Crippen LogP contribution is -2.24. The first kappa shape index (κ1) is 15.9. The number of hydrogen-bond acceptors (Lipinski definition) is 5. The molecule has 0 aliphatic heterocycles. The summed E-state index contributed by atoms with van der Waals surface area (Å²) in [6.07, 6.45) is 0.00980. The molecule has 7 heteroatoms. The summed E-state index contributed by atoms with van der Waals surface area (Å²) in [7, 11) is 0. The number of benzene rings is 1. The summed E-state index contributed by atoms with van der Waals surface area (Å²) in [4.78, 5) is 21.0. The van der Waals surface area contributed by atoms with Crippen molar-refractivity contribution in [2.24, 2.45) is 0 Å². The second kappa shape index (κ2) is 6.31. The number of nitrogens with zero attached hydrogens (tertiary/aromatic N) is 1. The van der Waals surface area contributed by atoms with Gasteiger partial charge < -0.3 is 9.47 Å². The van der Waals surface area contributed by atoms with E-state index < -0.39 is 28.0 Å². The SMILES string of the molecule is CC(C)(C)OC(=O)CCOc1ccc([N+](=O)[O-])c(F)c1. The van der Waals surface area contributed by atoms with Crippen LogP contribution in [0.25, 0.3) is 0 Å². The molecule has 0 radical (unpaired) electrons. The highest BCUT2D eigenvalue weighted by molar-refractivity contribution is 5.69. The summed E-state index contributed by atoms with van der Waals surface area (Å²) in [5.41, 5.74) is -1.19. The normalized spacial score (nSPS) is 11.0. The van der Waals surface area contributed by atoms with E-state index in [1.54, 1.807) is 20.8 Å². The molecule has 1 rings (SSSR count). The maximum atomic E-state index is 13.3. The molecule has 1 aromatic carbocycles. The van der Waals surface area contributed by atoms with E-state index in [1.807, 2.05) is 0 Å². The van der Waals surface area contributed by atoms with Crippen molar-refractivity contribution in [1.82, 2.24) is 0 Å². The number of ether oxygens (including phenoxy) is 2. The van der Waals surface area contributed by atoms with E-state index >= 15 is 0 Å². The molecule has 0 aliphatic carbocycles. The monoisotopic (exact) mass is 285 g/mol. The number of esters is 1. The smallest absolute Gasteiger partial charge is 0.309 e. The Hall–Kier alpha value is -2.18. The lowest BCUT2D eigenvalue weighted by Gasteiger charge is -2.19. The molecule has 6 nitrogen and oxygen atoms in total. The third kappa shape index (κ3) is 5.21. The molecule has 20 heavy (non-hydrogen) atoms. The average molecular weight is 285 g/mol. The zero-order valence-electron chi connectivity index (χ0n) is 11.5. The van der Waals surface area contributed by atoms with Crippen molar-refractivity contribution >= 4 is 11.7 Å². The summed E-state index contributed by atoms with van der Waals surface area (Å²) in [5, 5.41) is 10.4. The van der Waals surface area contributed by atoms with Gasteiger partial charge in [-0.1, -0.05) is 0 Å². The van der Waals surface area contributed by atoms with Gasteiger partial charge in [0.05, 0.1) is 18.0 Å². The molecule has 110 valence electrons. The number of nitro groups is 1. The number of halogens is 1. The van der Waals surface area contributed by atoms with E-state index in [-0.39, 0.29) is 18.8 Å². The molecular formula is C13H16FNO5. The van der Waals surface area contributed by atoms with Gasteiger partial charge in [0.25, 0.3) is 0 Å². The minimum atomic E-state index is -0.982. The first-order valence-electron chi connectivity index (χ1n) is 5.97. The van der Waals surface area contributed by atoms with Crippen molar-refractivity contribution in [2.45, 2.75) is 32.8 Å². The fraction of sp³-hybridized carbons (Fsp3) is 0.462. The van der Waals surface area contributed by atoms with Crippen LogP contribution in [0.4, 0.5) is 10.1 Å². The average Bonchev–Trinajstić information content (AvgIpc) is 2.25. The molecular weight excluding hydrogens is 269 g/mol. The Bertz CT molecular complexity index is 510. The Kier molecular flexibility index (Phi) is 5.01. The molecule has 0 saturated carbocycles. The number of carbonyl (C=O) groups is 1. The summed E-state index contributed by atoms with van der Waals surface area (Å²) >= 11 is 0. The quantitative estimate of drug-likeness (QED) is 0.472. The van der Waals surface area contributed by atoms with Gasteiger partial charge in [0.15, 0.2) is 0 Å². The van der Waals surface area contributed by atoms with Gasteiger partial charge in [-0.3, -0.25) is 14.9 Å². The predicted molar refractivity (Wildman–Crippen MR) is 69.0 cm³/mol. The summed E-state index contributed by atoms with van der Waals surface area (Å²) < 4.78 is 23.5.